The number of thioether (sulfide) groups is 1. The smallest absolute Gasteiger partial charge is 0.253 e. The minimum atomic E-state index is 0.145. The van der Waals surface area contributed by atoms with Crippen molar-refractivity contribution in [2.24, 2.45) is 0 Å². The highest BCUT2D eigenvalue weighted by Gasteiger charge is 2.18. The molecular weight excluding hydrogens is 444 g/mol. The summed E-state index contributed by atoms with van der Waals surface area (Å²) >= 11 is 1.69. The van der Waals surface area contributed by atoms with Gasteiger partial charge in [-0.3, -0.25) is 9.78 Å². The number of carbonyl (C=O) groups is 1. The van der Waals surface area contributed by atoms with Gasteiger partial charge in [-0.05, 0) is 60.7 Å². The van der Waals surface area contributed by atoms with Crippen LogP contribution in [0, 0.1) is 0 Å². The average molecular weight is 473 g/mol. The predicted molar refractivity (Wildman–Crippen MR) is 135 cm³/mol. The fourth-order valence-electron chi connectivity index (χ4n) is 4.34. The topological polar surface area (TPSA) is 60.2 Å². The Bertz CT molecular complexity index is 1280. The fraction of sp³-hybridized carbons (Fsp3) is 0.296. The van der Waals surface area contributed by atoms with Gasteiger partial charge in [0.05, 0.1) is 30.9 Å². The number of piperidine rings is 1. The van der Waals surface area contributed by atoms with Gasteiger partial charge in [-0.2, -0.15) is 0 Å². The first-order valence-corrected chi connectivity index (χ1v) is 12.6. The number of nitrogens with zero attached hydrogens (tertiary/aromatic N) is 4. The van der Waals surface area contributed by atoms with Gasteiger partial charge in [-0.15, -0.1) is 0 Å². The van der Waals surface area contributed by atoms with E-state index < -0.39 is 0 Å². The molecule has 5 rings (SSSR count). The van der Waals surface area contributed by atoms with E-state index in [1.807, 2.05) is 41.4 Å². The van der Waals surface area contributed by atoms with E-state index >= 15 is 0 Å². The lowest BCUT2D eigenvalue weighted by molar-refractivity contribution is 0.0724. The molecule has 0 radical (unpaired) electrons. The summed E-state index contributed by atoms with van der Waals surface area (Å²) < 4.78 is 7.60. The molecule has 0 atom stereocenters. The second-order valence-electron chi connectivity index (χ2n) is 8.53. The molecule has 34 heavy (non-hydrogen) atoms. The maximum Gasteiger partial charge on any atom is 0.253 e. The summed E-state index contributed by atoms with van der Waals surface area (Å²) in [5.74, 6) is 1.76. The summed E-state index contributed by atoms with van der Waals surface area (Å²) in [7, 11) is 1.68. The third-order valence-electron chi connectivity index (χ3n) is 6.20. The molecule has 1 amide bonds. The quantitative estimate of drug-likeness (QED) is 0.337. The Balaban J connectivity index is 1.32. The predicted octanol–water partition coefficient (Wildman–Crippen LogP) is 5.41. The van der Waals surface area contributed by atoms with Crippen molar-refractivity contribution in [1.29, 1.82) is 0 Å². The Labute approximate surface area is 204 Å². The molecule has 7 heteroatoms. The van der Waals surface area contributed by atoms with Crippen LogP contribution in [-0.4, -0.2) is 45.5 Å². The number of carbonyl (C=O) groups excluding carboxylic acids is 1. The van der Waals surface area contributed by atoms with Crippen LogP contribution in [-0.2, 0) is 12.3 Å². The number of likely N-dealkylation sites (tertiary alicyclic amines) is 1. The van der Waals surface area contributed by atoms with Gasteiger partial charge in [0, 0.05) is 30.6 Å². The standard InChI is InChI=1S/C27H28N4O2S/c1-33-23-7-5-6-21(16-23)18-31-25-17-28-13-12-24(25)29-27(31)34-19-20-8-10-22(11-9-20)26(32)30-14-3-2-4-15-30/h5-13,16-17H,2-4,14-15,18-19H2,1H3. The number of rotatable bonds is 7. The number of imidazole rings is 1. The third-order valence-corrected chi connectivity index (χ3v) is 7.25. The number of fused-ring (bicyclic) bond motifs is 1. The van der Waals surface area contributed by atoms with Crippen molar-refractivity contribution >= 4 is 28.7 Å². The Kier molecular flexibility index (Phi) is 6.81. The summed E-state index contributed by atoms with van der Waals surface area (Å²) in [6.45, 7) is 2.43. The number of methoxy groups -OCH3 is 1. The Morgan fingerprint density at radius 2 is 1.85 bits per heavy atom. The molecule has 174 valence electrons. The van der Waals surface area contributed by atoms with Crippen molar-refractivity contribution in [3.05, 3.63) is 83.7 Å². The van der Waals surface area contributed by atoms with Crippen molar-refractivity contribution in [3.63, 3.8) is 0 Å². The van der Waals surface area contributed by atoms with Crippen molar-refractivity contribution in [2.75, 3.05) is 20.2 Å². The molecule has 0 spiro atoms. The summed E-state index contributed by atoms with van der Waals surface area (Å²) in [5.41, 5.74) is 5.02. The number of hydrogen-bond donors (Lipinski definition) is 0. The average Bonchev–Trinajstić information content (AvgIpc) is 3.25. The van der Waals surface area contributed by atoms with Crippen LogP contribution in [0.1, 0.15) is 40.7 Å². The molecule has 4 aromatic rings. The number of aromatic nitrogens is 3. The Morgan fingerprint density at radius 3 is 2.65 bits per heavy atom. The molecule has 1 aliphatic rings. The highest BCUT2D eigenvalue weighted by Crippen LogP contribution is 2.28. The van der Waals surface area contributed by atoms with Gasteiger partial charge >= 0.3 is 0 Å². The second kappa shape index (κ2) is 10.3. The molecule has 0 bridgehead atoms. The summed E-state index contributed by atoms with van der Waals surface area (Å²) in [6, 6.07) is 18.1. The summed E-state index contributed by atoms with van der Waals surface area (Å²) in [4.78, 5) is 23.9. The number of pyridine rings is 1. The van der Waals surface area contributed by atoms with Crippen LogP contribution in [0.3, 0.4) is 0 Å². The van der Waals surface area contributed by atoms with Crippen molar-refractivity contribution in [2.45, 2.75) is 36.7 Å². The monoisotopic (exact) mass is 472 g/mol. The van der Waals surface area contributed by atoms with Gasteiger partial charge in [0.2, 0.25) is 0 Å². The molecule has 0 unspecified atom stereocenters. The lowest BCUT2D eigenvalue weighted by atomic mass is 10.1. The zero-order valence-corrected chi connectivity index (χ0v) is 20.1. The van der Waals surface area contributed by atoms with Gasteiger partial charge in [-0.25, -0.2) is 4.98 Å². The van der Waals surface area contributed by atoms with E-state index in [0.717, 1.165) is 64.8 Å². The number of ether oxygens (including phenoxy) is 1. The SMILES string of the molecule is COc1cccc(Cn2c(SCc3ccc(C(=O)N4CCCCC4)cc3)nc3ccncc32)c1. The molecular formula is C27H28N4O2S. The normalized spacial score (nSPS) is 13.9. The molecule has 1 saturated heterocycles. The van der Waals surface area contributed by atoms with Crippen LogP contribution in [0.25, 0.3) is 11.0 Å². The minimum Gasteiger partial charge on any atom is -0.497 e. The molecule has 6 nitrogen and oxygen atoms in total. The van der Waals surface area contributed by atoms with Gasteiger partial charge in [0.25, 0.3) is 5.91 Å². The molecule has 0 saturated carbocycles. The van der Waals surface area contributed by atoms with Crippen LogP contribution in [0.2, 0.25) is 0 Å². The van der Waals surface area contributed by atoms with E-state index in [4.69, 9.17) is 9.72 Å². The molecule has 1 fully saturated rings. The second-order valence-corrected chi connectivity index (χ2v) is 9.48. The molecule has 3 heterocycles. The van der Waals surface area contributed by atoms with Crippen LogP contribution in [0.4, 0.5) is 0 Å². The summed E-state index contributed by atoms with van der Waals surface area (Å²) in [6.07, 6.45) is 7.07. The third kappa shape index (κ3) is 4.94. The Hall–Kier alpha value is -3.32. The van der Waals surface area contributed by atoms with Crippen LogP contribution in [0.15, 0.2) is 72.1 Å². The Morgan fingerprint density at radius 1 is 1.03 bits per heavy atom. The molecule has 1 aliphatic heterocycles. The lowest BCUT2D eigenvalue weighted by Gasteiger charge is -2.26. The maximum atomic E-state index is 12.7. The highest BCUT2D eigenvalue weighted by molar-refractivity contribution is 7.98. The molecule has 0 aliphatic carbocycles. The van der Waals surface area contributed by atoms with Gasteiger partial charge in [-0.1, -0.05) is 36.0 Å². The zero-order chi connectivity index (χ0) is 23.3. The van der Waals surface area contributed by atoms with E-state index in [1.54, 1.807) is 25.1 Å². The molecule has 0 N–H and O–H groups in total. The number of amides is 1. The first kappa shape index (κ1) is 22.5. The number of hydrogen-bond acceptors (Lipinski definition) is 5. The van der Waals surface area contributed by atoms with Gasteiger partial charge < -0.3 is 14.2 Å². The highest BCUT2D eigenvalue weighted by atomic mass is 32.2. The van der Waals surface area contributed by atoms with E-state index in [1.165, 1.54) is 12.0 Å². The van der Waals surface area contributed by atoms with Crippen LogP contribution in [0.5, 0.6) is 5.75 Å². The van der Waals surface area contributed by atoms with E-state index in [-0.39, 0.29) is 5.91 Å². The fourth-order valence-corrected chi connectivity index (χ4v) is 5.30. The maximum absolute atomic E-state index is 12.7. The van der Waals surface area contributed by atoms with Crippen LogP contribution < -0.4 is 4.74 Å². The van der Waals surface area contributed by atoms with Crippen molar-refractivity contribution < 1.29 is 9.53 Å². The lowest BCUT2D eigenvalue weighted by Crippen LogP contribution is -2.35. The van der Waals surface area contributed by atoms with Gasteiger partial charge in [0.15, 0.2) is 5.16 Å². The molecule has 2 aromatic carbocycles. The summed E-state index contributed by atoms with van der Waals surface area (Å²) in [5, 5.41) is 0.944. The first-order valence-electron chi connectivity index (χ1n) is 11.7. The van der Waals surface area contributed by atoms with Crippen molar-refractivity contribution in [1.82, 2.24) is 19.4 Å². The first-order chi connectivity index (χ1) is 16.7. The largest absolute Gasteiger partial charge is 0.497 e. The zero-order valence-electron chi connectivity index (χ0n) is 19.3. The van der Waals surface area contributed by atoms with Crippen LogP contribution >= 0.6 is 11.8 Å². The molecule has 2 aromatic heterocycles. The van der Waals surface area contributed by atoms with E-state index in [2.05, 4.69) is 33.8 Å². The van der Waals surface area contributed by atoms with E-state index in [9.17, 15) is 4.79 Å². The minimum absolute atomic E-state index is 0.145. The number of benzene rings is 2. The van der Waals surface area contributed by atoms with Crippen molar-refractivity contribution in [3.8, 4) is 5.75 Å². The van der Waals surface area contributed by atoms with E-state index in [0.29, 0.717) is 6.54 Å². The van der Waals surface area contributed by atoms with Gasteiger partial charge in [0.1, 0.15) is 5.75 Å².